The zero-order chi connectivity index (χ0) is 31.3. The van der Waals surface area contributed by atoms with Crippen LogP contribution in [-0.2, 0) is 29.8 Å². The number of carbonyl (C=O) groups is 1. The van der Waals surface area contributed by atoms with E-state index >= 15 is 0 Å². The number of rotatable bonds is 12. The molecule has 1 unspecified atom stereocenters. The van der Waals surface area contributed by atoms with Gasteiger partial charge in [0, 0.05) is 6.42 Å². The number of imidazole rings is 1. The quantitative estimate of drug-likeness (QED) is 0.0889. The molecule has 44 heavy (non-hydrogen) atoms. The molecule has 4 N–H and O–H groups in total. The molecule has 5 atom stereocenters. The summed E-state index contributed by atoms with van der Waals surface area (Å²) in [5.74, 6) is 2.06. The van der Waals surface area contributed by atoms with Gasteiger partial charge in [-0.15, -0.1) is 6.42 Å². The van der Waals surface area contributed by atoms with Crippen LogP contribution >= 0.6 is 19.3 Å². The third kappa shape index (κ3) is 6.87. The van der Waals surface area contributed by atoms with Gasteiger partial charge in [-0.05, 0) is 42.6 Å². The number of para-hydroxylation sites is 1. The number of fused-ring (bicyclic) bond motifs is 1. The first-order valence-electron chi connectivity index (χ1n) is 13.6. The van der Waals surface area contributed by atoms with Crippen molar-refractivity contribution < 1.29 is 33.0 Å². The number of aliphatic hydroxyl groups is 1. The van der Waals surface area contributed by atoms with Crippen molar-refractivity contribution >= 4 is 42.3 Å². The second-order valence-electron chi connectivity index (χ2n) is 9.86. The standard InChI is InChI=1S/C29H30ClN6O7P/c1-3-29(22(37)16-23(42-29)36-18-32-24-25(31)33-28(30)34-26(24)36)17-41-44(39,43-20-13-9-6-10-14-20)35-21(27(38)40-4-2)15-19-11-7-5-8-12-19/h1,5-14,18,21-23,37H,4,15-17H2,2H3,(H,35,39)(H2,31,33,34)/t21-,22-,23+,29+,44?/m0/s1. The average Bonchev–Trinajstić information content (AvgIpc) is 3.58. The van der Waals surface area contributed by atoms with E-state index in [0.717, 1.165) is 5.56 Å². The minimum atomic E-state index is -4.39. The molecule has 1 fully saturated rings. The molecule has 2 aromatic carbocycles. The van der Waals surface area contributed by atoms with Crippen LogP contribution in [0, 0.1) is 12.3 Å². The van der Waals surface area contributed by atoms with Crippen LogP contribution in [0.5, 0.6) is 5.75 Å². The van der Waals surface area contributed by atoms with Crippen LogP contribution in [-0.4, -0.2) is 61.6 Å². The molecule has 5 rings (SSSR count). The van der Waals surface area contributed by atoms with Gasteiger partial charge in [-0.1, -0.05) is 54.5 Å². The summed E-state index contributed by atoms with van der Waals surface area (Å²) in [7, 11) is -4.39. The number of nitrogen functional groups attached to an aromatic ring is 1. The van der Waals surface area contributed by atoms with E-state index in [0.29, 0.717) is 0 Å². The molecule has 4 aromatic rings. The number of carbonyl (C=O) groups excluding carboxylic acids is 1. The van der Waals surface area contributed by atoms with Gasteiger partial charge in [0.2, 0.25) is 5.28 Å². The van der Waals surface area contributed by atoms with Crippen molar-refractivity contribution in [3.63, 3.8) is 0 Å². The van der Waals surface area contributed by atoms with Crippen molar-refractivity contribution in [3.05, 3.63) is 77.8 Å². The maximum atomic E-state index is 14.3. The van der Waals surface area contributed by atoms with E-state index in [1.54, 1.807) is 37.3 Å². The zero-order valence-electron chi connectivity index (χ0n) is 23.6. The van der Waals surface area contributed by atoms with Crippen LogP contribution < -0.4 is 15.3 Å². The molecule has 0 spiro atoms. The molecule has 0 aliphatic carbocycles. The van der Waals surface area contributed by atoms with E-state index < -0.39 is 44.3 Å². The van der Waals surface area contributed by atoms with E-state index in [9.17, 15) is 14.5 Å². The van der Waals surface area contributed by atoms with Gasteiger partial charge >= 0.3 is 13.7 Å². The fourth-order valence-electron chi connectivity index (χ4n) is 4.70. The van der Waals surface area contributed by atoms with Crippen LogP contribution in [0.4, 0.5) is 5.82 Å². The van der Waals surface area contributed by atoms with Gasteiger partial charge in [0.1, 0.15) is 36.2 Å². The van der Waals surface area contributed by atoms with Gasteiger partial charge in [-0.25, -0.2) is 9.55 Å². The van der Waals surface area contributed by atoms with Crippen LogP contribution in [0.3, 0.4) is 0 Å². The van der Waals surface area contributed by atoms with Crippen LogP contribution in [0.15, 0.2) is 67.0 Å². The summed E-state index contributed by atoms with van der Waals surface area (Å²) in [5.41, 5.74) is 5.48. The molecule has 0 saturated carbocycles. The number of aliphatic hydroxyl groups excluding tert-OH is 1. The van der Waals surface area contributed by atoms with E-state index in [1.807, 2.05) is 30.3 Å². The van der Waals surface area contributed by atoms with Crippen LogP contribution in [0.25, 0.3) is 11.2 Å². The lowest BCUT2D eigenvalue weighted by Crippen LogP contribution is -2.44. The van der Waals surface area contributed by atoms with E-state index in [2.05, 4.69) is 26.0 Å². The molecule has 1 aliphatic rings. The Bertz CT molecular complexity index is 1700. The third-order valence-electron chi connectivity index (χ3n) is 6.87. The van der Waals surface area contributed by atoms with Crippen LogP contribution in [0.1, 0.15) is 25.1 Å². The molecule has 3 heterocycles. The van der Waals surface area contributed by atoms with Gasteiger partial charge in [0.15, 0.2) is 17.1 Å². The summed E-state index contributed by atoms with van der Waals surface area (Å²) in [6.45, 7) is 1.18. The summed E-state index contributed by atoms with van der Waals surface area (Å²) >= 11 is 6.00. The highest BCUT2D eigenvalue weighted by molar-refractivity contribution is 7.52. The molecule has 230 valence electrons. The number of ether oxygens (including phenoxy) is 2. The van der Waals surface area contributed by atoms with Crippen molar-refractivity contribution in [3.8, 4) is 18.1 Å². The Labute approximate surface area is 258 Å². The number of anilines is 1. The first kappa shape index (κ1) is 31.4. The minimum absolute atomic E-state index is 0.00270. The highest BCUT2D eigenvalue weighted by atomic mass is 35.5. The fourth-order valence-corrected chi connectivity index (χ4v) is 6.39. The summed E-state index contributed by atoms with van der Waals surface area (Å²) in [4.78, 5) is 25.3. The minimum Gasteiger partial charge on any atom is -0.465 e. The molecule has 1 aliphatic heterocycles. The van der Waals surface area contributed by atoms with Crippen molar-refractivity contribution in [1.82, 2.24) is 24.6 Å². The average molecular weight is 641 g/mol. The van der Waals surface area contributed by atoms with E-state index in [1.165, 1.54) is 10.9 Å². The molecule has 1 saturated heterocycles. The maximum Gasteiger partial charge on any atom is 0.459 e. The number of benzene rings is 2. The normalized spacial score (nSPS) is 21.8. The number of halogens is 1. The third-order valence-corrected chi connectivity index (χ3v) is 8.59. The number of esters is 1. The Morgan fingerprint density at radius 1 is 1.27 bits per heavy atom. The molecule has 0 radical (unpaired) electrons. The first-order valence-corrected chi connectivity index (χ1v) is 15.5. The lowest BCUT2D eigenvalue weighted by molar-refractivity contribution is -0.145. The Balaban J connectivity index is 1.41. The predicted octanol–water partition coefficient (Wildman–Crippen LogP) is 3.68. The van der Waals surface area contributed by atoms with E-state index in [-0.39, 0.29) is 47.5 Å². The Morgan fingerprint density at radius 3 is 2.66 bits per heavy atom. The SMILES string of the molecule is C#C[C@]1(COP(=O)(N[C@@H](Cc2ccccc2)C(=O)OCC)Oc2ccccc2)O[C@@H](n2cnc3c(N)nc(Cl)nc32)C[C@@H]1O. The molecular weight excluding hydrogens is 611 g/mol. The lowest BCUT2D eigenvalue weighted by atomic mass is 9.99. The topological polar surface area (TPSA) is 173 Å². The fraction of sp³-hybridized carbons (Fsp3) is 0.310. The molecular formula is C29H30ClN6O7P. The van der Waals surface area contributed by atoms with Gasteiger partial charge in [0.05, 0.1) is 12.9 Å². The van der Waals surface area contributed by atoms with E-state index in [4.69, 9.17) is 42.3 Å². The van der Waals surface area contributed by atoms with Crippen LogP contribution in [0.2, 0.25) is 5.28 Å². The number of nitrogens with two attached hydrogens (primary N) is 1. The van der Waals surface area contributed by atoms with Crippen molar-refractivity contribution in [2.75, 3.05) is 18.9 Å². The van der Waals surface area contributed by atoms with Gasteiger partial charge in [-0.2, -0.15) is 15.1 Å². The number of nitrogens with zero attached hydrogens (tertiary/aromatic N) is 4. The highest BCUT2D eigenvalue weighted by Crippen LogP contribution is 2.48. The number of hydrogen-bond acceptors (Lipinski definition) is 11. The smallest absolute Gasteiger partial charge is 0.459 e. The second kappa shape index (κ2) is 13.3. The summed E-state index contributed by atoms with van der Waals surface area (Å²) in [6.07, 6.45) is 5.26. The Hall–Kier alpha value is -4.02. The Kier molecular flexibility index (Phi) is 9.51. The number of terminal acetylenes is 1. The van der Waals surface area contributed by atoms with Gasteiger partial charge in [0.25, 0.3) is 0 Å². The zero-order valence-corrected chi connectivity index (χ0v) is 25.2. The van der Waals surface area contributed by atoms with Gasteiger partial charge < -0.3 is 24.8 Å². The van der Waals surface area contributed by atoms with Gasteiger partial charge in [-0.3, -0.25) is 13.9 Å². The Morgan fingerprint density at radius 2 is 1.98 bits per heavy atom. The predicted molar refractivity (Wildman–Crippen MR) is 161 cm³/mol. The largest absolute Gasteiger partial charge is 0.465 e. The van der Waals surface area contributed by atoms with Crippen molar-refractivity contribution in [2.45, 2.75) is 43.7 Å². The van der Waals surface area contributed by atoms with Crippen molar-refractivity contribution in [1.29, 1.82) is 0 Å². The van der Waals surface area contributed by atoms with Crippen molar-refractivity contribution in [2.24, 2.45) is 0 Å². The lowest BCUT2D eigenvalue weighted by Gasteiger charge is -2.30. The molecule has 2 aromatic heterocycles. The number of nitrogens with one attached hydrogen (secondary N) is 1. The maximum absolute atomic E-state index is 14.3. The summed E-state index contributed by atoms with van der Waals surface area (Å²) in [5, 5.41) is 13.8. The summed E-state index contributed by atoms with van der Waals surface area (Å²) in [6, 6.07) is 16.3. The second-order valence-corrected chi connectivity index (χ2v) is 11.9. The molecule has 15 heteroatoms. The number of aromatic nitrogens is 4. The summed E-state index contributed by atoms with van der Waals surface area (Å²) < 4.78 is 38.9. The molecule has 0 bridgehead atoms. The highest BCUT2D eigenvalue weighted by Gasteiger charge is 2.50. The molecule has 13 nitrogen and oxygen atoms in total. The molecule has 0 amide bonds. The first-order chi connectivity index (χ1) is 21.1. The number of hydrogen-bond donors (Lipinski definition) is 3. The monoisotopic (exact) mass is 640 g/mol.